The molecule has 0 heterocycles. The zero-order chi connectivity index (χ0) is 14.5. The molecule has 2 N–H and O–H groups in total. The molecule has 0 aliphatic rings. The Labute approximate surface area is 112 Å². The van der Waals surface area contributed by atoms with E-state index in [0.29, 0.717) is 19.4 Å². The lowest BCUT2D eigenvalue weighted by molar-refractivity contribution is -0.126. The highest BCUT2D eigenvalue weighted by molar-refractivity contribution is 5.91. The van der Waals surface area contributed by atoms with Crippen molar-refractivity contribution in [3.63, 3.8) is 0 Å². The van der Waals surface area contributed by atoms with Gasteiger partial charge in [-0.2, -0.15) is 0 Å². The van der Waals surface area contributed by atoms with E-state index < -0.39 is 0 Å². The second-order valence-electron chi connectivity index (χ2n) is 3.69. The monoisotopic (exact) mass is 272 g/mol. The lowest BCUT2D eigenvalue weighted by Crippen LogP contribution is -2.33. The smallest absolute Gasteiger partial charge is 0.246 e. The summed E-state index contributed by atoms with van der Waals surface area (Å²) in [6.45, 7) is 1.17. The minimum Gasteiger partial charge on any atom is -0.394 e. The van der Waals surface area contributed by atoms with E-state index in [1.165, 1.54) is 4.90 Å². The molecule has 7 heteroatoms. The minimum atomic E-state index is -0.328. The van der Waals surface area contributed by atoms with E-state index in [2.05, 4.69) is 5.32 Å². The molecule has 0 aliphatic heterocycles. The molecule has 0 spiro atoms. The van der Waals surface area contributed by atoms with E-state index >= 15 is 0 Å². The van der Waals surface area contributed by atoms with Crippen LogP contribution in [0.15, 0.2) is 12.2 Å². The molecule has 108 valence electrons. The van der Waals surface area contributed by atoms with E-state index in [4.69, 9.17) is 9.84 Å². The van der Waals surface area contributed by atoms with Crippen molar-refractivity contribution in [1.82, 2.24) is 10.2 Å². The summed E-state index contributed by atoms with van der Waals surface area (Å²) in [4.78, 5) is 34.1. The fraction of sp³-hybridized carbons (Fsp3) is 0.583. The number of carbonyl (C=O) groups is 3. The Balaban J connectivity index is 3.69. The third-order valence-corrected chi connectivity index (χ3v) is 2.17. The van der Waals surface area contributed by atoms with Crippen molar-refractivity contribution < 1.29 is 24.2 Å². The Morgan fingerprint density at radius 1 is 1.37 bits per heavy atom. The van der Waals surface area contributed by atoms with Crippen molar-refractivity contribution in [3.05, 3.63) is 12.2 Å². The zero-order valence-electron chi connectivity index (χ0n) is 11.0. The number of hydrogen-bond donors (Lipinski definition) is 2. The van der Waals surface area contributed by atoms with Gasteiger partial charge in [-0.1, -0.05) is 0 Å². The molecule has 0 aromatic heterocycles. The van der Waals surface area contributed by atoms with Crippen LogP contribution in [0, 0.1) is 0 Å². The number of ether oxygens (including phenoxy) is 1. The summed E-state index contributed by atoms with van der Waals surface area (Å²) < 4.78 is 4.97. The number of nitrogens with zero attached hydrogens (tertiary/aromatic N) is 1. The number of hydrogen-bond acceptors (Lipinski definition) is 5. The molecule has 0 saturated heterocycles. The first-order valence-electron chi connectivity index (χ1n) is 5.94. The van der Waals surface area contributed by atoms with Gasteiger partial charge in [-0.15, -0.1) is 0 Å². The van der Waals surface area contributed by atoms with E-state index in [1.807, 2.05) is 0 Å². The summed E-state index contributed by atoms with van der Waals surface area (Å²) in [7, 11) is 1.55. The maximum Gasteiger partial charge on any atom is 0.246 e. The van der Waals surface area contributed by atoms with E-state index in [9.17, 15) is 14.4 Å². The Morgan fingerprint density at radius 3 is 2.74 bits per heavy atom. The van der Waals surface area contributed by atoms with Gasteiger partial charge in [0.05, 0.1) is 19.8 Å². The normalized spacial score (nSPS) is 10.4. The van der Waals surface area contributed by atoms with Crippen LogP contribution < -0.4 is 5.32 Å². The number of aliphatic hydroxyl groups excluding tert-OH is 1. The molecular weight excluding hydrogens is 252 g/mol. The lowest BCUT2D eigenvalue weighted by Gasteiger charge is -2.14. The van der Waals surface area contributed by atoms with E-state index in [0.717, 1.165) is 12.2 Å². The third-order valence-electron chi connectivity index (χ3n) is 2.17. The summed E-state index contributed by atoms with van der Waals surface area (Å²) in [5.74, 6) is -0.516. The highest BCUT2D eigenvalue weighted by Gasteiger charge is 2.07. The SMILES string of the molecule is CN(CCC(=O)NCCOCCO)C(=O)/C=C\C=O. The van der Waals surface area contributed by atoms with Crippen LogP contribution in [0.25, 0.3) is 0 Å². The van der Waals surface area contributed by atoms with Gasteiger partial charge in [-0.3, -0.25) is 14.4 Å². The number of aldehydes is 1. The second kappa shape index (κ2) is 11.4. The maximum atomic E-state index is 11.4. The van der Waals surface area contributed by atoms with Gasteiger partial charge in [0.15, 0.2) is 0 Å². The summed E-state index contributed by atoms with van der Waals surface area (Å²) in [5, 5.41) is 11.1. The predicted octanol–water partition coefficient (Wildman–Crippen LogP) is -1.28. The number of carbonyl (C=O) groups excluding carboxylic acids is 3. The standard InChI is InChI=1S/C12H20N2O5/c1-14(12(18)3-2-7-15)6-4-11(17)13-5-9-19-10-8-16/h2-3,7,16H,4-6,8-10H2,1H3,(H,13,17)/b3-2-. The zero-order valence-corrected chi connectivity index (χ0v) is 11.0. The van der Waals surface area contributed by atoms with Crippen LogP contribution in [0.1, 0.15) is 6.42 Å². The Kier molecular flexibility index (Phi) is 10.3. The topological polar surface area (TPSA) is 95.9 Å². The van der Waals surface area contributed by atoms with Crippen LogP contribution >= 0.6 is 0 Å². The average molecular weight is 272 g/mol. The Bertz CT molecular complexity index is 317. The summed E-state index contributed by atoms with van der Waals surface area (Å²) in [6, 6.07) is 0. The number of rotatable bonds is 10. The summed E-state index contributed by atoms with van der Waals surface area (Å²) in [5.41, 5.74) is 0. The molecule has 0 atom stereocenters. The van der Waals surface area contributed by atoms with Crippen molar-refractivity contribution in [2.45, 2.75) is 6.42 Å². The highest BCUT2D eigenvalue weighted by atomic mass is 16.5. The highest BCUT2D eigenvalue weighted by Crippen LogP contribution is 1.90. The van der Waals surface area contributed by atoms with Gasteiger partial charge in [-0.05, 0) is 6.08 Å². The van der Waals surface area contributed by atoms with Crippen molar-refractivity contribution >= 4 is 18.1 Å². The first-order chi connectivity index (χ1) is 9.11. The van der Waals surface area contributed by atoms with Gasteiger partial charge in [0.2, 0.25) is 11.8 Å². The number of nitrogens with one attached hydrogen (secondary N) is 1. The molecule has 19 heavy (non-hydrogen) atoms. The molecule has 2 amide bonds. The van der Waals surface area contributed by atoms with Crippen molar-refractivity contribution in [1.29, 1.82) is 0 Å². The molecule has 0 aromatic carbocycles. The van der Waals surface area contributed by atoms with Crippen LogP contribution in [-0.4, -0.2) is 68.1 Å². The first kappa shape index (κ1) is 17.3. The van der Waals surface area contributed by atoms with Gasteiger partial charge in [0.25, 0.3) is 0 Å². The van der Waals surface area contributed by atoms with Gasteiger partial charge >= 0.3 is 0 Å². The number of aliphatic hydroxyl groups is 1. The molecule has 7 nitrogen and oxygen atoms in total. The largest absolute Gasteiger partial charge is 0.394 e. The van der Waals surface area contributed by atoms with Crippen LogP contribution in [0.3, 0.4) is 0 Å². The first-order valence-corrected chi connectivity index (χ1v) is 5.94. The molecule has 0 fully saturated rings. The van der Waals surface area contributed by atoms with Crippen LogP contribution in [-0.2, 0) is 19.1 Å². The molecular formula is C12H20N2O5. The van der Waals surface area contributed by atoms with Gasteiger partial charge in [-0.25, -0.2) is 0 Å². The van der Waals surface area contributed by atoms with Crippen molar-refractivity contribution in [2.24, 2.45) is 0 Å². The van der Waals surface area contributed by atoms with E-state index in [-0.39, 0.29) is 38.0 Å². The van der Waals surface area contributed by atoms with Crippen LogP contribution in [0.4, 0.5) is 0 Å². The fourth-order valence-corrected chi connectivity index (χ4v) is 1.15. The summed E-state index contributed by atoms with van der Waals surface area (Å²) >= 11 is 0. The van der Waals surface area contributed by atoms with Crippen LogP contribution in [0.2, 0.25) is 0 Å². The average Bonchev–Trinajstić information content (AvgIpc) is 2.41. The van der Waals surface area contributed by atoms with Gasteiger partial charge in [0, 0.05) is 32.6 Å². The maximum absolute atomic E-state index is 11.4. The number of likely N-dealkylation sites (N-methyl/N-ethyl adjacent to an activating group) is 1. The molecule has 0 saturated carbocycles. The summed E-state index contributed by atoms with van der Waals surface area (Å²) in [6.07, 6.45) is 2.95. The lowest BCUT2D eigenvalue weighted by atomic mass is 10.3. The Hall–Kier alpha value is -1.73. The van der Waals surface area contributed by atoms with Gasteiger partial charge < -0.3 is 20.1 Å². The molecule has 0 rings (SSSR count). The quantitative estimate of drug-likeness (QED) is 0.293. The molecule has 0 bridgehead atoms. The van der Waals surface area contributed by atoms with Gasteiger partial charge in [0.1, 0.15) is 6.29 Å². The molecule has 0 unspecified atom stereocenters. The predicted molar refractivity (Wildman–Crippen MR) is 68.4 cm³/mol. The number of amides is 2. The second-order valence-corrected chi connectivity index (χ2v) is 3.69. The number of allylic oxidation sites excluding steroid dienone is 1. The van der Waals surface area contributed by atoms with Crippen LogP contribution in [0.5, 0.6) is 0 Å². The fourth-order valence-electron chi connectivity index (χ4n) is 1.15. The molecule has 0 aromatic rings. The van der Waals surface area contributed by atoms with Crippen molar-refractivity contribution in [3.8, 4) is 0 Å². The molecule has 0 aliphatic carbocycles. The third kappa shape index (κ3) is 9.93. The minimum absolute atomic E-state index is 0.0465. The van der Waals surface area contributed by atoms with Crippen molar-refractivity contribution in [2.75, 3.05) is 40.0 Å². The Morgan fingerprint density at radius 2 is 2.11 bits per heavy atom. The molecule has 0 radical (unpaired) electrons. The van der Waals surface area contributed by atoms with E-state index in [1.54, 1.807) is 7.05 Å².